The Hall–Kier alpha value is -2.28. The highest BCUT2D eigenvalue weighted by molar-refractivity contribution is 5.95. The summed E-state index contributed by atoms with van der Waals surface area (Å²) >= 11 is 0. The predicted octanol–water partition coefficient (Wildman–Crippen LogP) is 1.12. The normalized spacial score (nSPS) is 19.4. The molecule has 0 spiro atoms. The summed E-state index contributed by atoms with van der Waals surface area (Å²) in [4.78, 5) is 26.2. The fourth-order valence-corrected chi connectivity index (χ4v) is 3.35. The highest BCUT2D eigenvalue weighted by atomic mass is 16.7. The van der Waals surface area contributed by atoms with Gasteiger partial charge >= 0.3 is 0 Å². The topological polar surface area (TPSA) is 93.9 Å². The number of nitrogens with zero attached hydrogens (tertiary/aromatic N) is 1. The molecule has 2 atom stereocenters. The van der Waals surface area contributed by atoms with Crippen LogP contribution < -0.4 is 20.5 Å². The Labute approximate surface area is 147 Å². The lowest BCUT2D eigenvalue weighted by molar-refractivity contribution is -0.133. The van der Waals surface area contributed by atoms with Crippen LogP contribution in [0.1, 0.15) is 37.0 Å². The van der Waals surface area contributed by atoms with Gasteiger partial charge in [0.25, 0.3) is 5.91 Å². The molecule has 2 aliphatic rings. The van der Waals surface area contributed by atoms with Crippen LogP contribution in [0.2, 0.25) is 0 Å². The van der Waals surface area contributed by atoms with Gasteiger partial charge in [0.15, 0.2) is 11.5 Å². The summed E-state index contributed by atoms with van der Waals surface area (Å²) in [5.74, 6) is 1.48. The monoisotopic (exact) mass is 347 g/mol. The standard InChI is InChI=1S/C18H25N3O4/c1-11(19)18(23)21-7-5-13(6-8-21)12(2)20-17(22)14-3-4-15-16(9-14)25-10-24-15/h3-4,9,11-13H,5-8,10,19H2,1-2H3,(H,20,22)/t11-,12?/m0/s1. The van der Waals surface area contributed by atoms with Gasteiger partial charge in [-0.15, -0.1) is 0 Å². The molecule has 0 aromatic heterocycles. The number of nitrogens with one attached hydrogen (secondary N) is 1. The highest BCUT2D eigenvalue weighted by Crippen LogP contribution is 2.32. The molecule has 2 aliphatic heterocycles. The quantitative estimate of drug-likeness (QED) is 0.851. The lowest BCUT2D eigenvalue weighted by Crippen LogP contribution is -2.49. The van der Waals surface area contributed by atoms with Gasteiger partial charge in [-0.3, -0.25) is 9.59 Å². The van der Waals surface area contributed by atoms with Crippen molar-refractivity contribution >= 4 is 11.8 Å². The van der Waals surface area contributed by atoms with E-state index in [1.165, 1.54) is 0 Å². The van der Waals surface area contributed by atoms with Crippen LogP contribution in [0.25, 0.3) is 0 Å². The minimum absolute atomic E-state index is 0.00417. The van der Waals surface area contributed by atoms with E-state index in [4.69, 9.17) is 15.2 Å². The Bertz CT molecular complexity index is 654. The van der Waals surface area contributed by atoms with Gasteiger partial charge in [-0.25, -0.2) is 0 Å². The zero-order valence-electron chi connectivity index (χ0n) is 14.7. The molecule has 25 heavy (non-hydrogen) atoms. The third kappa shape index (κ3) is 3.87. The van der Waals surface area contributed by atoms with Crippen LogP contribution in [0, 0.1) is 5.92 Å². The van der Waals surface area contributed by atoms with E-state index >= 15 is 0 Å². The van der Waals surface area contributed by atoms with Gasteiger partial charge in [-0.1, -0.05) is 0 Å². The van der Waals surface area contributed by atoms with Crippen molar-refractivity contribution in [1.29, 1.82) is 0 Å². The maximum Gasteiger partial charge on any atom is 0.251 e. The van der Waals surface area contributed by atoms with E-state index in [0.717, 1.165) is 12.8 Å². The second-order valence-electron chi connectivity index (χ2n) is 6.78. The molecule has 7 nitrogen and oxygen atoms in total. The molecule has 0 radical (unpaired) electrons. The van der Waals surface area contributed by atoms with Gasteiger partial charge in [-0.05, 0) is 50.8 Å². The number of likely N-dealkylation sites (tertiary alicyclic amines) is 1. The summed E-state index contributed by atoms with van der Waals surface area (Å²) in [7, 11) is 0. The van der Waals surface area contributed by atoms with Crippen molar-refractivity contribution in [3.63, 3.8) is 0 Å². The molecule has 2 heterocycles. The van der Waals surface area contributed by atoms with Gasteiger partial charge in [0.1, 0.15) is 0 Å². The average Bonchev–Trinajstić information content (AvgIpc) is 3.08. The lowest BCUT2D eigenvalue weighted by atomic mass is 9.90. The van der Waals surface area contributed by atoms with Crippen molar-refractivity contribution in [1.82, 2.24) is 10.2 Å². The summed E-state index contributed by atoms with van der Waals surface area (Å²) in [5, 5.41) is 3.06. The molecule has 1 saturated heterocycles. The van der Waals surface area contributed by atoms with Crippen molar-refractivity contribution in [3.05, 3.63) is 23.8 Å². The van der Waals surface area contributed by atoms with Crippen LogP contribution >= 0.6 is 0 Å². The number of piperidine rings is 1. The number of hydrogen-bond acceptors (Lipinski definition) is 5. The molecule has 0 aliphatic carbocycles. The SMILES string of the molecule is CC(NC(=O)c1ccc2c(c1)OCO2)C1CCN(C(=O)[C@H](C)N)CC1. The first-order chi connectivity index (χ1) is 12.0. The van der Waals surface area contributed by atoms with Gasteiger partial charge in [0.05, 0.1) is 6.04 Å². The van der Waals surface area contributed by atoms with Crippen molar-refractivity contribution < 1.29 is 19.1 Å². The van der Waals surface area contributed by atoms with Crippen molar-refractivity contribution in [2.24, 2.45) is 11.7 Å². The van der Waals surface area contributed by atoms with Crippen LogP contribution in [-0.4, -0.2) is 48.7 Å². The van der Waals surface area contributed by atoms with Gasteiger partial charge in [-0.2, -0.15) is 0 Å². The third-order valence-corrected chi connectivity index (χ3v) is 4.94. The zero-order valence-corrected chi connectivity index (χ0v) is 14.7. The number of carbonyl (C=O) groups is 2. The summed E-state index contributed by atoms with van der Waals surface area (Å²) in [5.41, 5.74) is 6.22. The van der Waals surface area contributed by atoms with Crippen molar-refractivity contribution in [2.75, 3.05) is 19.9 Å². The summed E-state index contributed by atoms with van der Waals surface area (Å²) in [6, 6.07) is 4.76. The Morgan fingerprint density at radius 3 is 2.56 bits per heavy atom. The van der Waals surface area contributed by atoms with E-state index in [0.29, 0.717) is 36.1 Å². The fourth-order valence-electron chi connectivity index (χ4n) is 3.35. The smallest absolute Gasteiger partial charge is 0.251 e. The van der Waals surface area contributed by atoms with Gasteiger partial charge in [0, 0.05) is 24.7 Å². The Morgan fingerprint density at radius 2 is 1.88 bits per heavy atom. The number of ether oxygens (including phenoxy) is 2. The summed E-state index contributed by atoms with van der Waals surface area (Å²) < 4.78 is 10.6. The van der Waals surface area contributed by atoms with Crippen LogP contribution in [0.3, 0.4) is 0 Å². The number of amides is 2. The average molecular weight is 347 g/mol. The Balaban J connectivity index is 1.53. The summed E-state index contributed by atoms with van der Waals surface area (Å²) in [6.07, 6.45) is 1.72. The molecule has 3 rings (SSSR count). The van der Waals surface area contributed by atoms with Crippen molar-refractivity contribution in [2.45, 2.75) is 38.8 Å². The lowest BCUT2D eigenvalue weighted by Gasteiger charge is -2.35. The Kier molecular flexibility index (Phi) is 5.13. The highest BCUT2D eigenvalue weighted by Gasteiger charge is 2.28. The van der Waals surface area contributed by atoms with Crippen molar-refractivity contribution in [3.8, 4) is 11.5 Å². The molecule has 136 valence electrons. The van der Waals surface area contributed by atoms with E-state index in [2.05, 4.69) is 5.32 Å². The summed E-state index contributed by atoms with van der Waals surface area (Å²) in [6.45, 7) is 5.29. The van der Waals surface area contributed by atoms with Crippen LogP contribution in [0.15, 0.2) is 18.2 Å². The molecule has 0 bridgehead atoms. The van der Waals surface area contributed by atoms with Gasteiger partial charge in [0.2, 0.25) is 12.7 Å². The van der Waals surface area contributed by atoms with E-state index in [1.807, 2.05) is 11.8 Å². The largest absolute Gasteiger partial charge is 0.454 e. The molecule has 3 N–H and O–H groups in total. The number of nitrogens with two attached hydrogens (primary N) is 1. The second kappa shape index (κ2) is 7.31. The molecule has 1 aromatic rings. The fraction of sp³-hybridized carbons (Fsp3) is 0.556. The molecule has 0 saturated carbocycles. The first-order valence-corrected chi connectivity index (χ1v) is 8.70. The minimum atomic E-state index is -0.459. The molecule has 1 unspecified atom stereocenters. The Morgan fingerprint density at radius 1 is 1.20 bits per heavy atom. The second-order valence-corrected chi connectivity index (χ2v) is 6.78. The number of rotatable bonds is 4. The van der Waals surface area contributed by atoms with Gasteiger partial charge < -0.3 is 25.4 Å². The van der Waals surface area contributed by atoms with E-state index < -0.39 is 6.04 Å². The molecule has 7 heteroatoms. The maximum atomic E-state index is 12.5. The first-order valence-electron chi connectivity index (χ1n) is 8.70. The van der Waals surface area contributed by atoms with Crippen LogP contribution in [0.4, 0.5) is 0 Å². The zero-order chi connectivity index (χ0) is 18.0. The number of benzene rings is 1. The van der Waals surface area contributed by atoms with Crippen LogP contribution in [0.5, 0.6) is 11.5 Å². The van der Waals surface area contributed by atoms with E-state index in [-0.39, 0.29) is 24.6 Å². The molecule has 1 fully saturated rings. The van der Waals surface area contributed by atoms with Crippen LogP contribution in [-0.2, 0) is 4.79 Å². The minimum Gasteiger partial charge on any atom is -0.454 e. The predicted molar refractivity (Wildman–Crippen MR) is 92.4 cm³/mol. The number of hydrogen-bond donors (Lipinski definition) is 2. The molecular formula is C18H25N3O4. The molecule has 1 aromatic carbocycles. The molecule has 2 amide bonds. The first kappa shape index (κ1) is 17.5. The number of carbonyl (C=O) groups excluding carboxylic acids is 2. The maximum absolute atomic E-state index is 12.5. The number of fused-ring (bicyclic) bond motifs is 1. The molecular weight excluding hydrogens is 322 g/mol. The van der Waals surface area contributed by atoms with E-state index in [1.54, 1.807) is 25.1 Å². The third-order valence-electron chi connectivity index (χ3n) is 4.94. The van der Waals surface area contributed by atoms with E-state index in [9.17, 15) is 9.59 Å².